The van der Waals surface area contributed by atoms with E-state index >= 15 is 0 Å². The van der Waals surface area contributed by atoms with Gasteiger partial charge in [-0.2, -0.15) is 0 Å². The van der Waals surface area contributed by atoms with E-state index in [0.717, 1.165) is 28.8 Å². The number of fused-ring (bicyclic) bond motifs is 1. The van der Waals surface area contributed by atoms with Crippen molar-refractivity contribution < 1.29 is 13.5 Å². The van der Waals surface area contributed by atoms with E-state index in [4.69, 9.17) is 10.5 Å². The van der Waals surface area contributed by atoms with Gasteiger partial charge in [-0.05, 0) is 44.8 Å². The van der Waals surface area contributed by atoms with Crippen LogP contribution in [0.2, 0.25) is 0 Å². The molecule has 3 rings (SSSR count). The molecule has 1 aliphatic rings. The lowest BCUT2D eigenvalue weighted by molar-refractivity contribution is 0.134. The fraction of sp³-hybridized carbons (Fsp3) is 0.200. The van der Waals surface area contributed by atoms with Crippen LogP contribution in [-0.2, 0) is 18.0 Å². The van der Waals surface area contributed by atoms with Crippen LogP contribution in [0.5, 0.6) is 0 Å². The van der Waals surface area contributed by atoms with Crippen molar-refractivity contribution in [2.24, 2.45) is 5.73 Å². The summed E-state index contributed by atoms with van der Waals surface area (Å²) in [5.74, 6) is -1.05. The van der Waals surface area contributed by atoms with Crippen LogP contribution in [0.25, 0.3) is 0 Å². The van der Waals surface area contributed by atoms with Crippen molar-refractivity contribution in [1.29, 1.82) is 0 Å². The van der Waals surface area contributed by atoms with E-state index in [1.54, 1.807) is 0 Å². The molecule has 0 radical (unpaired) electrons. The van der Waals surface area contributed by atoms with Crippen LogP contribution in [-0.4, -0.2) is 0 Å². The molecule has 2 aromatic carbocycles. The average Bonchev–Trinajstić information content (AvgIpc) is 2.89. The monoisotopic (exact) mass is 339 g/mol. The maximum Gasteiger partial charge on any atom is 0.137 e. The maximum absolute atomic E-state index is 13.9. The molecule has 5 heteroatoms. The van der Waals surface area contributed by atoms with E-state index in [9.17, 15) is 8.78 Å². The number of benzene rings is 2. The molecular formula is C15H12BrF2NO. The first-order chi connectivity index (χ1) is 9.56. The largest absolute Gasteiger partial charge is 0.372 e. The SMILES string of the molecule is NC(c1ccc2c(c1)COC2)c1cc(F)c(Br)cc1F. The lowest BCUT2D eigenvalue weighted by atomic mass is 9.96. The predicted octanol–water partition coefficient (Wildman–Crippen LogP) is 3.81. The van der Waals surface area contributed by atoms with Crippen LogP contribution in [0.4, 0.5) is 8.78 Å². The van der Waals surface area contributed by atoms with Crippen molar-refractivity contribution in [2.45, 2.75) is 19.3 Å². The maximum atomic E-state index is 13.9. The molecule has 0 aromatic heterocycles. The fourth-order valence-electron chi connectivity index (χ4n) is 2.34. The first kappa shape index (κ1) is 13.7. The van der Waals surface area contributed by atoms with Gasteiger partial charge in [-0.15, -0.1) is 0 Å². The standard InChI is InChI=1S/C15H12BrF2NO/c16-12-5-13(17)11(4-14(12)18)15(19)8-1-2-9-6-20-7-10(9)3-8/h1-5,15H,6-7,19H2. The minimum Gasteiger partial charge on any atom is -0.372 e. The van der Waals surface area contributed by atoms with Gasteiger partial charge in [0.05, 0.1) is 23.7 Å². The molecule has 2 N–H and O–H groups in total. The van der Waals surface area contributed by atoms with Gasteiger partial charge >= 0.3 is 0 Å². The third kappa shape index (κ3) is 2.37. The van der Waals surface area contributed by atoms with Crippen LogP contribution in [0.3, 0.4) is 0 Å². The first-order valence-corrected chi connectivity index (χ1v) is 6.95. The molecule has 0 fully saturated rings. The molecule has 0 aliphatic carbocycles. The zero-order valence-electron chi connectivity index (χ0n) is 10.5. The van der Waals surface area contributed by atoms with Crippen LogP contribution < -0.4 is 5.73 Å². The molecule has 1 heterocycles. The normalized spacial score (nSPS) is 15.2. The summed E-state index contributed by atoms with van der Waals surface area (Å²) < 4.78 is 32.9. The Balaban J connectivity index is 2.00. The first-order valence-electron chi connectivity index (χ1n) is 6.15. The van der Waals surface area contributed by atoms with Gasteiger partial charge in [0.2, 0.25) is 0 Å². The molecule has 0 amide bonds. The van der Waals surface area contributed by atoms with Gasteiger partial charge in [-0.25, -0.2) is 8.78 Å². The highest BCUT2D eigenvalue weighted by Gasteiger charge is 2.19. The second-order valence-electron chi connectivity index (χ2n) is 4.79. The molecule has 0 bridgehead atoms. The lowest BCUT2D eigenvalue weighted by Crippen LogP contribution is -2.14. The van der Waals surface area contributed by atoms with E-state index in [-0.39, 0.29) is 10.0 Å². The second kappa shape index (κ2) is 5.24. The van der Waals surface area contributed by atoms with Crippen molar-refractivity contribution in [3.63, 3.8) is 0 Å². The third-order valence-electron chi connectivity index (χ3n) is 3.48. The Morgan fingerprint density at radius 2 is 1.80 bits per heavy atom. The Hall–Kier alpha value is -1.30. The molecule has 104 valence electrons. The quantitative estimate of drug-likeness (QED) is 0.844. The van der Waals surface area contributed by atoms with Gasteiger partial charge < -0.3 is 10.5 Å². The number of nitrogens with two attached hydrogens (primary N) is 1. The highest BCUT2D eigenvalue weighted by Crippen LogP contribution is 2.29. The Labute approximate surface area is 123 Å². The number of halogens is 3. The van der Waals surface area contributed by atoms with E-state index in [0.29, 0.717) is 13.2 Å². The van der Waals surface area contributed by atoms with E-state index in [2.05, 4.69) is 15.9 Å². The van der Waals surface area contributed by atoms with E-state index < -0.39 is 17.7 Å². The van der Waals surface area contributed by atoms with Crippen LogP contribution in [0, 0.1) is 11.6 Å². The van der Waals surface area contributed by atoms with E-state index in [1.807, 2.05) is 18.2 Å². The molecule has 2 aromatic rings. The molecular weight excluding hydrogens is 328 g/mol. The van der Waals surface area contributed by atoms with Crippen LogP contribution in [0.1, 0.15) is 28.3 Å². The minimum absolute atomic E-state index is 0.0910. The molecule has 1 aliphatic heterocycles. The van der Waals surface area contributed by atoms with Crippen molar-refractivity contribution in [1.82, 2.24) is 0 Å². The molecule has 1 atom stereocenters. The van der Waals surface area contributed by atoms with Crippen LogP contribution in [0.15, 0.2) is 34.8 Å². The number of ether oxygens (including phenoxy) is 1. The summed E-state index contributed by atoms with van der Waals surface area (Å²) in [6, 6.07) is 7.17. The minimum atomic E-state index is -0.705. The lowest BCUT2D eigenvalue weighted by Gasteiger charge is -2.15. The zero-order valence-corrected chi connectivity index (χ0v) is 12.1. The van der Waals surface area contributed by atoms with Crippen molar-refractivity contribution >= 4 is 15.9 Å². The third-order valence-corrected chi connectivity index (χ3v) is 4.09. The smallest absolute Gasteiger partial charge is 0.137 e. The number of rotatable bonds is 2. The Kier molecular flexibility index (Phi) is 3.58. The Morgan fingerprint density at radius 1 is 1.05 bits per heavy atom. The zero-order chi connectivity index (χ0) is 14.3. The Bertz CT molecular complexity index is 675. The van der Waals surface area contributed by atoms with Gasteiger partial charge in [-0.1, -0.05) is 18.2 Å². The summed E-state index contributed by atoms with van der Waals surface area (Å²) in [6.45, 7) is 1.12. The topological polar surface area (TPSA) is 35.2 Å². The van der Waals surface area contributed by atoms with Crippen molar-refractivity contribution in [2.75, 3.05) is 0 Å². The number of hydrogen-bond acceptors (Lipinski definition) is 2. The summed E-state index contributed by atoms with van der Waals surface area (Å²) in [4.78, 5) is 0. The molecule has 1 unspecified atom stereocenters. The van der Waals surface area contributed by atoms with E-state index in [1.165, 1.54) is 0 Å². The summed E-state index contributed by atoms with van der Waals surface area (Å²) in [6.07, 6.45) is 0. The second-order valence-corrected chi connectivity index (χ2v) is 5.64. The average molecular weight is 340 g/mol. The molecule has 20 heavy (non-hydrogen) atoms. The van der Waals surface area contributed by atoms with Crippen LogP contribution >= 0.6 is 15.9 Å². The van der Waals surface area contributed by atoms with Crippen molar-refractivity contribution in [3.05, 3.63) is 68.7 Å². The molecule has 0 saturated carbocycles. The van der Waals surface area contributed by atoms with Gasteiger partial charge in [0.15, 0.2) is 0 Å². The van der Waals surface area contributed by atoms with Gasteiger partial charge in [-0.3, -0.25) is 0 Å². The summed E-state index contributed by atoms with van der Waals surface area (Å²) in [5, 5.41) is 0. The van der Waals surface area contributed by atoms with Gasteiger partial charge in [0.1, 0.15) is 11.6 Å². The molecule has 0 saturated heterocycles. The van der Waals surface area contributed by atoms with Crippen molar-refractivity contribution in [3.8, 4) is 0 Å². The highest BCUT2D eigenvalue weighted by atomic mass is 79.9. The fourth-order valence-corrected chi connectivity index (χ4v) is 2.66. The number of hydrogen-bond donors (Lipinski definition) is 1. The highest BCUT2D eigenvalue weighted by molar-refractivity contribution is 9.10. The summed E-state index contributed by atoms with van der Waals surface area (Å²) in [7, 11) is 0. The molecule has 0 spiro atoms. The molecule has 2 nitrogen and oxygen atoms in total. The summed E-state index contributed by atoms with van der Waals surface area (Å²) in [5.41, 5.74) is 9.12. The Morgan fingerprint density at radius 3 is 2.60 bits per heavy atom. The summed E-state index contributed by atoms with van der Waals surface area (Å²) >= 11 is 2.95. The predicted molar refractivity (Wildman–Crippen MR) is 75.0 cm³/mol. The van der Waals surface area contributed by atoms with Gasteiger partial charge in [0.25, 0.3) is 0 Å². The van der Waals surface area contributed by atoms with Gasteiger partial charge in [0, 0.05) is 5.56 Å².